The van der Waals surface area contributed by atoms with E-state index >= 15 is 0 Å². The Balaban J connectivity index is 2.92. The summed E-state index contributed by atoms with van der Waals surface area (Å²) in [7, 11) is 0. The molecule has 0 radical (unpaired) electrons. The van der Waals surface area contributed by atoms with Crippen molar-refractivity contribution in [2.24, 2.45) is 0 Å². The number of halogens is 1. The van der Waals surface area contributed by atoms with Crippen molar-refractivity contribution in [1.82, 2.24) is 0 Å². The summed E-state index contributed by atoms with van der Waals surface area (Å²) in [5.41, 5.74) is 1.63. The van der Waals surface area contributed by atoms with Crippen LogP contribution < -0.4 is 5.32 Å². The zero-order chi connectivity index (χ0) is 13.9. The second-order valence-corrected chi connectivity index (χ2v) is 4.38. The fourth-order valence-corrected chi connectivity index (χ4v) is 1.41. The molecule has 0 atom stereocenters. The molecule has 2 N–H and O–H groups in total. The number of carbonyl (C=O) groups is 2. The van der Waals surface area contributed by atoms with E-state index in [1.165, 1.54) is 13.8 Å². The van der Waals surface area contributed by atoms with E-state index in [0.29, 0.717) is 10.7 Å². The zero-order valence-electron chi connectivity index (χ0n) is 10.4. The molecule has 0 saturated heterocycles. The third-order valence-corrected chi connectivity index (χ3v) is 3.06. The maximum Gasteiger partial charge on any atom is 0.331 e. The van der Waals surface area contributed by atoms with Gasteiger partial charge in [0.15, 0.2) is 0 Å². The Morgan fingerprint density at radius 1 is 1.22 bits per heavy atom. The van der Waals surface area contributed by atoms with Gasteiger partial charge >= 0.3 is 5.97 Å². The Labute approximate surface area is 110 Å². The monoisotopic (exact) mass is 267 g/mol. The number of anilines is 1. The van der Waals surface area contributed by atoms with E-state index in [0.717, 1.165) is 5.56 Å². The van der Waals surface area contributed by atoms with Gasteiger partial charge in [-0.2, -0.15) is 0 Å². The molecule has 0 aliphatic rings. The molecule has 1 amide bonds. The number of carboxylic acids is 1. The Morgan fingerprint density at radius 2 is 1.83 bits per heavy atom. The van der Waals surface area contributed by atoms with Gasteiger partial charge in [0, 0.05) is 21.9 Å². The number of hydrogen-bond acceptors (Lipinski definition) is 2. The first-order chi connectivity index (χ1) is 8.32. The van der Waals surface area contributed by atoms with E-state index in [9.17, 15) is 9.59 Å². The normalized spacial score (nSPS) is 11.8. The summed E-state index contributed by atoms with van der Waals surface area (Å²) in [6.07, 6.45) is 0. The van der Waals surface area contributed by atoms with E-state index in [1.807, 2.05) is 6.92 Å². The van der Waals surface area contributed by atoms with Gasteiger partial charge in [0.2, 0.25) is 0 Å². The number of rotatable bonds is 3. The minimum Gasteiger partial charge on any atom is -0.478 e. The molecule has 0 aliphatic carbocycles. The summed E-state index contributed by atoms with van der Waals surface area (Å²) in [6.45, 7) is 4.71. The number of nitrogens with one attached hydrogen (secondary N) is 1. The highest BCUT2D eigenvalue weighted by Crippen LogP contribution is 2.20. The van der Waals surface area contributed by atoms with Crippen LogP contribution in [0.4, 0.5) is 5.69 Å². The number of aliphatic carboxylic acids is 1. The van der Waals surface area contributed by atoms with Crippen LogP contribution in [0.15, 0.2) is 29.3 Å². The van der Waals surface area contributed by atoms with Crippen molar-refractivity contribution in [2.75, 3.05) is 5.32 Å². The summed E-state index contributed by atoms with van der Waals surface area (Å²) in [5, 5.41) is 11.9. The molecule has 0 saturated carbocycles. The quantitative estimate of drug-likeness (QED) is 0.828. The van der Waals surface area contributed by atoms with Gasteiger partial charge in [-0.1, -0.05) is 17.7 Å². The van der Waals surface area contributed by atoms with Gasteiger partial charge in [-0.3, -0.25) is 4.79 Å². The molecule has 0 spiro atoms. The largest absolute Gasteiger partial charge is 0.478 e. The average molecular weight is 268 g/mol. The van der Waals surface area contributed by atoms with Gasteiger partial charge in [0.1, 0.15) is 0 Å². The van der Waals surface area contributed by atoms with Crippen molar-refractivity contribution in [3.05, 3.63) is 39.9 Å². The van der Waals surface area contributed by atoms with Crippen LogP contribution in [0.5, 0.6) is 0 Å². The van der Waals surface area contributed by atoms with Crippen LogP contribution in [-0.2, 0) is 9.59 Å². The van der Waals surface area contributed by atoms with Crippen molar-refractivity contribution in [1.29, 1.82) is 0 Å². The molecule has 0 heterocycles. The molecule has 4 nitrogen and oxygen atoms in total. The Morgan fingerprint density at radius 3 is 2.33 bits per heavy atom. The average Bonchev–Trinajstić information content (AvgIpc) is 2.31. The molecule has 0 fully saturated rings. The minimum atomic E-state index is -1.11. The molecule has 0 unspecified atom stereocenters. The molecule has 5 heteroatoms. The summed E-state index contributed by atoms with van der Waals surface area (Å²) in [6, 6.07) is 5.11. The summed E-state index contributed by atoms with van der Waals surface area (Å²) < 4.78 is 0. The second kappa shape index (κ2) is 5.69. The fourth-order valence-electron chi connectivity index (χ4n) is 1.23. The van der Waals surface area contributed by atoms with E-state index in [4.69, 9.17) is 16.7 Å². The topological polar surface area (TPSA) is 66.4 Å². The van der Waals surface area contributed by atoms with Crippen LogP contribution >= 0.6 is 11.6 Å². The fraction of sp³-hybridized carbons (Fsp3) is 0.231. The van der Waals surface area contributed by atoms with Gasteiger partial charge < -0.3 is 10.4 Å². The lowest BCUT2D eigenvalue weighted by Gasteiger charge is -2.08. The van der Waals surface area contributed by atoms with Crippen molar-refractivity contribution in [3.8, 4) is 0 Å². The molecule has 0 aliphatic heterocycles. The van der Waals surface area contributed by atoms with Crippen molar-refractivity contribution >= 4 is 29.2 Å². The predicted molar refractivity (Wildman–Crippen MR) is 70.8 cm³/mol. The summed E-state index contributed by atoms with van der Waals surface area (Å²) in [4.78, 5) is 22.5. The summed E-state index contributed by atoms with van der Waals surface area (Å²) in [5.74, 6) is -1.56. The van der Waals surface area contributed by atoms with Crippen LogP contribution in [0.1, 0.15) is 19.4 Å². The third kappa shape index (κ3) is 3.34. The van der Waals surface area contributed by atoms with Crippen LogP contribution in [-0.4, -0.2) is 17.0 Å². The Bertz CT molecular complexity index is 535. The first kappa shape index (κ1) is 14.3. The lowest BCUT2D eigenvalue weighted by atomic mass is 10.1. The predicted octanol–water partition coefficient (Wildman–Crippen LogP) is 3.01. The summed E-state index contributed by atoms with van der Waals surface area (Å²) >= 11 is 5.93. The molecule has 1 aromatic rings. The zero-order valence-corrected chi connectivity index (χ0v) is 11.1. The van der Waals surface area contributed by atoms with Crippen molar-refractivity contribution < 1.29 is 14.7 Å². The van der Waals surface area contributed by atoms with Gasteiger partial charge in [-0.25, -0.2) is 4.79 Å². The first-order valence-corrected chi connectivity index (χ1v) is 5.69. The molecule has 0 aromatic heterocycles. The Hall–Kier alpha value is -1.81. The van der Waals surface area contributed by atoms with E-state index in [-0.39, 0.29) is 11.1 Å². The molecule has 0 bridgehead atoms. The van der Waals surface area contributed by atoms with Gasteiger partial charge in [-0.05, 0) is 38.5 Å². The van der Waals surface area contributed by atoms with E-state index in [1.54, 1.807) is 18.2 Å². The van der Waals surface area contributed by atoms with Crippen LogP contribution in [0.2, 0.25) is 5.02 Å². The number of amides is 1. The Kier molecular flexibility index (Phi) is 4.50. The molecular weight excluding hydrogens is 254 g/mol. The van der Waals surface area contributed by atoms with Crippen molar-refractivity contribution in [3.63, 3.8) is 0 Å². The maximum atomic E-state index is 11.8. The lowest BCUT2D eigenvalue weighted by Crippen LogP contribution is -2.16. The standard InChI is InChI=1S/C13H14ClNO3/c1-7-4-5-10(6-11(7)14)15-12(16)8(2)9(3)13(17)18/h4-6H,1-3H3,(H,15,16)(H,17,18). The van der Waals surface area contributed by atoms with Crippen LogP contribution in [0, 0.1) is 6.92 Å². The number of benzene rings is 1. The number of hydrogen-bond donors (Lipinski definition) is 2. The molecule has 18 heavy (non-hydrogen) atoms. The van der Waals surface area contributed by atoms with E-state index < -0.39 is 11.9 Å². The number of carboxylic acid groups (broad SMARTS) is 1. The van der Waals surface area contributed by atoms with Crippen LogP contribution in [0.25, 0.3) is 0 Å². The van der Waals surface area contributed by atoms with Crippen LogP contribution in [0.3, 0.4) is 0 Å². The molecule has 1 aromatic carbocycles. The highest BCUT2D eigenvalue weighted by atomic mass is 35.5. The first-order valence-electron chi connectivity index (χ1n) is 5.31. The molecule has 96 valence electrons. The van der Waals surface area contributed by atoms with Gasteiger partial charge in [-0.15, -0.1) is 0 Å². The highest BCUT2D eigenvalue weighted by Gasteiger charge is 2.12. The van der Waals surface area contributed by atoms with Crippen molar-refractivity contribution in [2.45, 2.75) is 20.8 Å². The molecule has 1 rings (SSSR count). The second-order valence-electron chi connectivity index (χ2n) is 3.97. The third-order valence-electron chi connectivity index (χ3n) is 2.65. The minimum absolute atomic E-state index is 0.0192. The number of carbonyl (C=O) groups excluding carboxylic acids is 1. The maximum absolute atomic E-state index is 11.8. The van der Waals surface area contributed by atoms with Gasteiger partial charge in [0.25, 0.3) is 5.91 Å². The highest BCUT2D eigenvalue weighted by molar-refractivity contribution is 6.31. The lowest BCUT2D eigenvalue weighted by molar-refractivity contribution is -0.133. The van der Waals surface area contributed by atoms with E-state index in [2.05, 4.69) is 5.32 Å². The molecular formula is C13H14ClNO3. The SMILES string of the molecule is CC(C(=O)O)=C(C)C(=O)Nc1ccc(C)c(Cl)c1. The van der Waals surface area contributed by atoms with Gasteiger partial charge in [0.05, 0.1) is 0 Å². The number of aryl methyl sites for hydroxylation is 1. The smallest absolute Gasteiger partial charge is 0.331 e.